The molecule has 0 radical (unpaired) electrons. The van der Waals surface area contributed by atoms with Gasteiger partial charge in [0.15, 0.2) is 5.67 Å². The zero-order valence-corrected chi connectivity index (χ0v) is 16.7. The number of alkyl carbamates (subject to hydrolysis) is 1. The topological polar surface area (TPSA) is 93.5 Å². The smallest absolute Gasteiger partial charge is 0.407 e. The van der Waals surface area contributed by atoms with Gasteiger partial charge in [-0.3, -0.25) is 4.79 Å². The fraction of sp³-hybridized carbons (Fsp3) is 0.529. The summed E-state index contributed by atoms with van der Waals surface area (Å²) in [7, 11) is 0. The number of amides is 2. The van der Waals surface area contributed by atoms with Gasteiger partial charge in [0, 0.05) is 16.9 Å². The minimum Gasteiger partial charge on any atom is -0.444 e. The van der Waals surface area contributed by atoms with Crippen LogP contribution in [0.3, 0.4) is 0 Å². The first-order valence-electron chi connectivity index (χ1n) is 7.85. The minimum atomic E-state index is -2.20. The van der Waals surface area contributed by atoms with Crippen molar-refractivity contribution in [2.75, 3.05) is 11.1 Å². The zero-order chi connectivity index (χ0) is 19.4. The molecule has 0 aliphatic heterocycles. The van der Waals surface area contributed by atoms with Crippen molar-refractivity contribution in [3.8, 4) is 0 Å². The molecule has 140 valence electrons. The fourth-order valence-electron chi connectivity index (χ4n) is 2.13. The summed E-state index contributed by atoms with van der Waals surface area (Å²) >= 11 is 3.26. The van der Waals surface area contributed by atoms with Gasteiger partial charge in [-0.05, 0) is 52.8 Å². The van der Waals surface area contributed by atoms with Crippen molar-refractivity contribution >= 4 is 39.3 Å². The molecule has 1 aromatic carbocycles. The van der Waals surface area contributed by atoms with E-state index in [1.165, 1.54) is 0 Å². The normalized spacial score (nSPS) is 15.0. The van der Waals surface area contributed by atoms with Gasteiger partial charge in [-0.1, -0.05) is 15.9 Å². The Hall–Kier alpha value is -1.83. The maximum atomic E-state index is 14.8. The van der Waals surface area contributed by atoms with Gasteiger partial charge in [0.2, 0.25) is 0 Å². The van der Waals surface area contributed by atoms with E-state index in [1.54, 1.807) is 45.9 Å². The number of nitrogen functional groups attached to an aromatic ring is 1. The summed E-state index contributed by atoms with van der Waals surface area (Å²) in [5.74, 6) is -0.834. The van der Waals surface area contributed by atoms with Crippen molar-refractivity contribution in [1.82, 2.24) is 5.32 Å². The number of hydrogen-bond donors (Lipinski definition) is 3. The quantitative estimate of drug-likeness (QED) is 0.630. The van der Waals surface area contributed by atoms with Crippen LogP contribution in [0.2, 0.25) is 0 Å². The highest BCUT2D eigenvalue weighted by Crippen LogP contribution is 2.26. The van der Waals surface area contributed by atoms with Crippen LogP contribution in [0.25, 0.3) is 0 Å². The zero-order valence-electron chi connectivity index (χ0n) is 15.1. The third-order valence-corrected chi connectivity index (χ3v) is 3.68. The van der Waals surface area contributed by atoms with Crippen molar-refractivity contribution in [3.05, 3.63) is 22.7 Å². The van der Waals surface area contributed by atoms with Gasteiger partial charge in [-0.25, -0.2) is 9.18 Å². The highest BCUT2D eigenvalue weighted by atomic mass is 79.9. The van der Waals surface area contributed by atoms with Crippen molar-refractivity contribution in [1.29, 1.82) is 0 Å². The molecule has 0 saturated heterocycles. The van der Waals surface area contributed by atoms with E-state index >= 15 is 0 Å². The lowest BCUT2D eigenvalue weighted by Gasteiger charge is -2.26. The highest BCUT2D eigenvalue weighted by Gasteiger charge is 2.35. The van der Waals surface area contributed by atoms with Crippen LogP contribution in [0.1, 0.15) is 41.0 Å². The number of anilines is 2. The van der Waals surface area contributed by atoms with Crippen LogP contribution in [-0.2, 0) is 9.53 Å². The second-order valence-corrected chi connectivity index (χ2v) is 8.05. The van der Waals surface area contributed by atoms with Gasteiger partial charge >= 0.3 is 6.09 Å². The number of halogens is 2. The molecule has 1 aromatic rings. The number of hydrogen-bond acceptors (Lipinski definition) is 4. The molecular formula is C17H25BrFN3O3. The Kier molecular flexibility index (Phi) is 6.82. The summed E-state index contributed by atoms with van der Waals surface area (Å²) in [6.45, 7) is 7.94. The van der Waals surface area contributed by atoms with Gasteiger partial charge in [-0.2, -0.15) is 0 Å². The lowest BCUT2D eigenvalue weighted by molar-refractivity contribution is -0.127. The summed E-state index contributed by atoms with van der Waals surface area (Å²) in [6, 6.07) is 4.28. The SMILES string of the molecule is CC(CC(C)(F)C(=O)Nc1ccc(Br)cc1N)NC(=O)OC(C)(C)C. The van der Waals surface area contributed by atoms with Gasteiger partial charge < -0.3 is 21.1 Å². The molecule has 2 amide bonds. The first kappa shape index (κ1) is 21.2. The molecule has 0 aliphatic rings. The van der Waals surface area contributed by atoms with E-state index in [-0.39, 0.29) is 6.42 Å². The molecular weight excluding hydrogens is 393 g/mol. The summed E-state index contributed by atoms with van der Waals surface area (Å²) in [6.07, 6.45) is -0.873. The van der Waals surface area contributed by atoms with Crippen molar-refractivity contribution in [2.45, 2.75) is 58.4 Å². The Balaban J connectivity index is 2.66. The summed E-state index contributed by atoms with van der Waals surface area (Å²) < 4.78 is 20.6. The molecule has 8 heteroatoms. The van der Waals surface area contributed by atoms with Gasteiger partial charge in [0.25, 0.3) is 5.91 Å². The molecule has 2 atom stereocenters. The van der Waals surface area contributed by atoms with Crippen molar-refractivity contribution in [2.24, 2.45) is 0 Å². The first-order valence-corrected chi connectivity index (χ1v) is 8.64. The average Bonchev–Trinajstić information content (AvgIpc) is 2.38. The molecule has 0 heterocycles. The van der Waals surface area contributed by atoms with E-state index in [0.717, 1.165) is 11.4 Å². The second kappa shape index (κ2) is 8.03. The van der Waals surface area contributed by atoms with Crippen LogP contribution in [0.5, 0.6) is 0 Å². The van der Waals surface area contributed by atoms with Crippen LogP contribution in [0.4, 0.5) is 20.6 Å². The molecule has 6 nitrogen and oxygen atoms in total. The first-order chi connectivity index (χ1) is 11.3. The largest absolute Gasteiger partial charge is 0.444 e. The Labute approximate surface area is 155 Å². The van der Waals surface area contributed by atoms with Crippen LogP contribution in [-0.4, -0.2) is 29.3 Å². The van der Waals surface area contributed by atoms with Crippen molar-refractivity contribution in [3.63, 3.8) is 0 Å². The van der Waals surface area contributed by atoms with Crippen molar-refractivity contribution < 1.29 is 18.7 Å². The van der Waals surface area contributed by atoms with Crippen LogP contribution in [0.15, 0.2) is 22.7 Å². The van der Waals surface area contributed by atoms with Gasteiger partial charge in [0.05, 0.1) is 11.4 Å². The molecule has 0 saturated carbocycles. The van der Waals surface area contributed by atoms with Crippen LogP contribution in [0, 0.1) is 0 Å². The van der Waals surface area contributed by atoms with E-state index in [1.807, 2.05) is 0 Å². The molecule has 25 heavy (non-hydrogen) atoms. The predicted molar refractivity (Wildman–Crippen MR) is 100 cm³/mol. The second-order valence-electron chi connectivity index (χ2n) is 7.13. The molecule has 0 aliphatic carbocycles. The van der Waals surface area contributed by atoms with E-state index < -0.39 is 29.3 Å². The molecule has 0 spiro atoms. The third-order valence-electron chi connectivity index (χ3n) is 3.19. The van der Waals surface area contributed by atoms with E-state index in [4.69, 9.17) is 10.5 Å². The lowest BCUT2D eigenvalue weighted by atomic mass is 9.98. The highest BCUT2D eigenvalue weighted by molar-refractivity contribution is 9.10. The Morgan fingerprint density at radius 2 is 1.92 bits per heavy atom. The lowest BCUT2D eigenvalue weighted by Crippen LogP contribution is -2.44. The Bertz CT molecular complexity index is 645. The number of nitrogens with two attached hydrogens (primary N) is 1. The number of benzene rings is 1. The summed E-state index contributed by atoms with van der Waals surface area (Å²) in [4.78, 5) is 23.9. The van der Waals surface area contributed by atoms with Crippen LogP contribution < -0.4 is 16.4 Å². The molecule has 2 unspecified atom stereocenters. The Morgan fingerprint density at radius 3 is 2.44 bits per heavy atom. The molecule has 0 fully saturated rings. The van der Waals surface area contributed by atoms with Crippen LogP contribution >= 0.6 is 15.9 Å². The van der Waals surface area contributed by atoms with E-state index in [0.29, 0.717) is 11.4 Å². The maximum absolute atomic E-state index is 14.8. The standard InChI is InChI=1S/C17H25BrFN3O3/c1-10(21-15(24)25-16(2,3)4)9-17(5,19)14(23)22-13-7-6-11(18)8-12(13)20/h6-8,10H,9,20H2,1-5H3,(H,21,24)(H,22,23). The number of nitrogens with one attached hydrogen (secondary N) is 2. The van der Waals surface area contributed by atoms with Gasteiger partial charge in [0.1, 0.15) is 5.60 Å². The predicted octanol–water partition coefficient (Wildman–Crippen LogP) is 4.00. The van der Waals surface area contributed by atoms with Gasteiger partial charge in [-0.15, -0.1) is 0 Å². The molecule has 0 bridgehead atoms. The number of rotatable bonds is 5. The minimum absolute atomic E-state index is 0.214. The summed E-state index contributed by atoms with van der Waals surface area (Å²) in [5, 5.41) is 4.99. The molecule has 0 aromatic heterocycles. The monoisotopic (exact) mass is 417 g/mol. The molecule has 1 rings (SSSR count). The number of ether oxygens (including phenoxy) is 1. The van der Waals surface area contributed by atoms with E-state index in [9.17, 15) is 14.0 Å². The van der Waals surface area contributed by atoms with E-state index in [2.05, 4.69) is 26.6 Å². The molecule has 4 N–H and O–H groups in total. The Morgan fingerprint density at radius 1 is 1.32 bits per heavy atom. The average molecular weight is 418 g/mol. The third kappa shape index (κ3) is 7.29. The number of alkyl halides is 1. The number of carbonyl (C=O) groups is 2. The fourth-order valence-corrected chi connectivity index (χ4v) is 2.51. The number of carbonyl (C=O) groups excluding carboxylic acids is 2. The maximum Gasteiger partial charge on any atom is 0.407 e. The summed E-state index contributed by atoms with van der Waals surface area (Å²) in [5.41, 5.74) is 3.59.